The predicted molar refractivity (Wildman–Crippen MR) is 191 cm³/mol. The van der Waals surface area contributed by atoms with Gasteiger partial charge in [-0.15, -0.1) is 20.4 Å². The number of nitrogens with zero attached hydrogens (tertiary/aromatic N) is 6. The Morgan fingerprint density at radius 2 is 0.783 bits per heavy atom. The lowest BCUT2D eigenvalue weighted by Crippen LogP contribution is -2.09. The van der Waals surface area contributed by atoms with Gasteiger partial charge in [-0.05, 0) is 76.2 Å². The largest absolute Gasteiger partial charge is 0.378 e. The molecular formula is C36H38N8S2. The predicted octanol–water partition coefficient (Wildman–Crippen LogP) is 8.19. The highest BCUT2D eigenvalue weighted by Gasteiger charge is 2.17. The van der Waals surface area contributed by atoms with Gasteiger partial charge in [0.1, 0.15) is 0 Å². The van der Waals surface area contributed by atoms with Crippen molar-refractivity contribution in [1.29, 1.82) is 0 Å². The van der Waals surface area contributed by atoms with Gasteiger partial charge in [0.2, 0.25) is 0 Å². The van der Waals surface area contributed by atoms with E-state index in [1.54, 1.807) is 23.5 Å². The van der Waals surface area contributed by atoms with Gasteiger partial charge in [0.15, 0.2) is 22.0 Å². The van der Waals surface area contributed by atoms with E-state index in [-0.39, 0.29) is 0 Å². The Labute approximate surface area is 279 Å². The van der Waals surface area contributed by atoms with E-state index >= 15 is 0 Å². The van der Waals surface area contributed by atoms with Crippen LogP contribution in [0.25, 0.3) is 11.4 Å². The Morgan fingerprint density at radius 1 is 0.457 bits per heavy atom. The topological polar surface area (TPSA) is 85.5 Å². The maximum Gasteiger partial charge on any atom is 0.195 e. The van der Waals surface area contributed by atoms with Gasteiger partial charge in [-0.2, -0.15) is 0 Å². The standard InChI is InChI=1S/C36H38N8S2/c1-25-5-13-29(14-6-25)37-23-33-39-41-35(43(33)31-17-9-27(3)10-18-31)45-21-22-46-36-42-40-34(24-38-30-15-7-26(2)8-16-30)44(36)32-19-11-28(4)12-20-32/h5-20,37-38H,21-24H2,1-4H3. The number of nitrogens with one attached hydrogen (secondary N) is 2. The van der Waals surface area contributed by atoms with E-state index in [0.717, 1.165) is 56.2 Å². The fourth-order valence-electron chi connectivity index (χ4n) is 4.89. The van der Waals surface area contributed by atoms with Gasteiger partial charge < -0.3 is 10.6 Å². The molecule has 10 heteroatoms. The van der Waals surface area contributed by atoms with Crippen molar-refractivity contribution < 1.29 is 0 Å². The number of benzene rings is 4. The van der Waals surface area contributed by atoms with Crippen molar-refractivity contribution in [1.82, 2.24) is 29.5 Å². The lowest BCUT2D eigenvalue weighted by atomic mass is 10.2. The summed E-state index contributed by atoms with van der Waals surface area (Å²) in [5.74, 6) is 3.39. The van der Waals surface area contributed by atoms with Gasteiger partial charge in [-0.1, -0.05) is 94.3 Å². The molecule has 0 aliphatic carbocycles. The fourth-order valence-corrected chi connectivity index (χ4v) is 6.80. The van der Waals surface area contributed by atoms with Crippen molar-refractivity contribution in [3.8, 4) is 11.4 Å². The highest BCUT2D eigenvalue weighted by atomic mass is 32.2. The van der Waals surface area contributed by atoms with E-state index in [4.69, 9.17) is 0 Å². The van der Waals surface area contributed by atoms with E-state index in [2.05, 4.69) is 165 Å². The molecule has 0 aliphatic rings. The number of hydrogen-bond donors (Lipinski definition) is 2. The highest BCUT2D eigenvalue weighted by molar-refractivity contribution is 8.02. The Morgan fingerprint density at radius 3 is 1.13 bits per heavy atom. The number of aryl methyl sites for hydroxylation is 4. The Balaban J connectivity index is 1.16. The summed E-state index contributed by atoms with van der Waals surface area (Å²) < 4.78 is 4.30. The molecule has 2 heterocycles. The second kappa shape index (κ2) is 14.7. The second-order valence-electron chi connectivity index (χ2n) is 11.3. The zero-order valence-corrected chi connectivity index (χ0v) is 28.2. The van der Waals surface area contributed by atoms with Gasteiger partial charge in [0.05, 0.1) is 13.1 Å². The maximum atomic E-state index is 4.61. The summed E-state index contributed by atoms with van der Waals surface area (Å²) in [7, 11) is 0. The molecule has 0 unspecified atom stereocenters. The summed E-state index contributed by atoms with van der Waals surface area (Å²) in [6.07, 6.45) is 0. The van der Waals surface area contributed by atoms with Crippen LogP contribution < -0.4 is 10.6 Å². The van der Waals surface area contributed by atoms with Crippen molar-refractivity contribution in [2.75, 3.05) is 22.1 Å². The summed E-state index contributed by atoms with van der Waals surface area (Å²) in [6, 6.07) is 33.8. The Bertz CT molecular complexity index is 1720. The first-order valence-electron chi connectivity index (χ1n) is 15.3. The van der Waals surface area contributed by atoms with Crippen LogP contribution >= 0.6 is 23.5 Å². The molecular weight excluding hydrogens is 609 g/mol. The number of hydrogen-bond acceptors (Lipinski definition) is 8. The molecule has 0 amide bonds. The molecule has 0 bridgehead atoms. The summed E-state index contributed by atoms with van der Waals surface area (Å²) in [4.78, 5) is 0. The first kappa shape index (κ1) is 31.4. The third kappa shape index (κ3) is 7.81. The number of anilines is 2. The van der Waals surface area contributed by atoms with Gasteiger partial charge in [0, 0.05) is 34.3 Å². The van der Waals surface area contributed by atoms with Gasteiger partial charge >= 0.3 is 0 Å². The molecule has 8 nitrogen and oxygen atoms in total. The van der Waals surface area contributed by atoms with E-state index in [9.17, 15) is 0 Å². The number of aromatic nitrogens is 6. The molecule has 4 aromatic carbocycles. The molecule has 6 aromatic rings. The minimum atomic E-state index is 0.568. The number of thioether (sulfide) groups is 2. The molecule has 0 fully saturated rings. The third-order valence-corrected chi connectivity index (χ3v) is 9.65. The maximum absolute atomic E-state index is 4.61. The SMILES string of the molecule is Cc1ccc(NCc2nnc(SCCSc3nnc(CNc4ccc(C)cc4)n3-c3ccc(C)cc3)n2-c2ccc(C)cc2)cc1. The number of rotatable bonds is 13. The van der Waals surface area contributed by atoms with Gasteiger partial charge in [-0.25, -0.2) is 0 Å². The van der Waals surface area contributed by atoms with E-state index < -0.39 is 0 Å². The molecule has 6 rings (SSSR count). The quantitative estimate of drug-likeness (QED) is 0.0960. The fraction of sp³-hybridized carbons (Fsp3) is 0.222. The van der Waals surface area contributed by atoms with Crippen LogP contribution in [0.4, 0.5) is 11.4 Å². The summed E-state index contributed by atoms with van der Waals surface area (Å²) in [5.41, 5.74) is 9.12. The summed E-state index contributed by atoms with van der Waals surface area (Å²) >= 11 is 3.40. The van der Waals surface area contributed by atoms with E-state index in [0.29, 0.717) is 13.1 Å². The van der Waals surface area contributed by atoms with Crippen LogP contribution in [-0.4, -0.2) is 41.0 Å². The lowest BCUT2D eigenvalue weighted by Gasteiger charge is -2.13. The van der Waals surface area contributed by atoms with Crippen LogP contribution in [0.1, 0.15) is 33.9 Å². The molecule has 0 spiro atoms. The van der Waals surface area contributed by atoms with Gasteiger partial charge in [-0.3, -0.25) is 9.13 Å². The molecule has 0 saturated carbocycles. The van der Waals surface area contributed by atoms with Crippen molar-refractivity contribution in [3.63, 3.8) is 0 Å². The molecule has 0 aliphatic heterocycles. The molecule has 2 N–H and O–H groups in total. The first-order valence-corrected chi connectivity index (χ1v) is 17.3. The van der Waals surface area contributed by atoms with Crippen LogP contribution in [0.15, 0.2) is 107 Å². The second-order valence-corrected chi connectivity index (χ2v) is 13.4. The first-order chi connectivity index (χ1) is 22.4. The smallest absolute Gasteiger partial charge is 0.195 e. The van der Waals surface area contributed by atoms with Crippen molar-refractivity contribution in [3.05, 3.63) is 131 Å². The minimum absolute atomic E-state index is 0.568. The molecule has 0 radical (unpaired) electrons. The van der Waals surface area contributed by atoms with E-state index in [1.165, 1.54) is 22.3 Å². The normalized spacial score (nSPS) is 11.1. The van der Waals surface area contributed by atoms with Crippen LogP contribution in [0.2, 0.25) is 0 Å². The minimum Gasteiger partial charge on any atom is -0.378 e. The summed E-state index contributed by atoms with van der Waals surface area (Å²) in [6.45, 7) is 9.52. The van der Waals surface area contributed by atoms with Crippen LogP contribution in [-0.2, 0) is 13.1 Å². The molecule has 0 saturated heterocycles. The van der Waals surface area contributed by atoms with Crippen LogP contribution in [0.3, 0.4) is 0 Å². The van der Waals surface area contributed by atoms with Gasteiger partial charge in [0.25, 0.3) is 0 Å². The van der Waals surface area contributed by atoms with Crippen LogP contribution in [0.5, 0.6) is 0 Å². The molecule has 2 aromatic heterocycles. The monoisotopic (exact) mass is 646 g/mol. The average Bonchev–Trinajstić information content (AvgIpc) is 3.67. The summed E-state index contributed by atoms with van der Waals surface area (Å²) in [5, 5.41) is 27.1. The zero-order chi connectivity index (χ0) is 31.9. The average molecular weight is 647 g/mol. The van der Waals surface area contributed by atoms with Crippen molar-refractivity contribution in [2.45, 2.75) is 51.1 Å². The van der Waals surface area contributed by atoms with Crippen molar-refractivity contribution >= 4 is 34.9 Å². The zero-order valence-electron chi connectivity index (χ0n) is 26.6. The van der Waals surface area contributed by atoms with E-state index in [1.807, 2.05) is 0 Å². The van der Waals surface area contributed by atoms with Crippen LogP contribution in [0, 0.1) is 27.7 Å². The molecule has 46 heavy (non-hydrogen) atoms. The van der Waals surface area contributed by atoms with Crippen molar-refractivity contribution in [2.24, 2.45) is 0 Å². The third-order valence-electron chi connectivity index (χ3n) is 7.54. The molecule has 234 valence electrons. The highest BCUT2D eigenvalue weighted by Crippen LogP contribution is 2.27. The Kier molecular flexibility index (Phi) is 10.0. The molecule has 0 atom stereocenters. The Hall–Kier alpha value is -4.54. The lowest BCUT2D eigenvalue weighted by molar-refractivity contribution is 0.839.